The molecule has 1 aromatic heterocycles. The molecule has 0 bridgehead atoms. The number of methoxy groups -OCH3 is 1. The normalized spacial score (nSPS) is 13.5. The standard InChI is InChI=1S/C13H15NO5S/c1-3-19-13(17)11-8(12(16)18-2)6-10(15)14-4-5-20-7-9(11)14/h6H,3-5,7H2,1-2H3. The zero-order valence-corrected chi connectivity index (χ0v) is 12.1. The number of carbonyl (C=O) groups excluding carboxylic acids is 2. The fourth-order valence-electron chi connectivity index (χ4n) is 2.12. The Morgan fingerprint density at radius 3 is 2.80 bits per heavy atom. The average Bonchev–Trinajstić information content (AvgIpc) is 2.46. The van der Waals surface area contributed by atoms with Crippen molar-refractivity contribution in [2.24, 2.45) is 0 Å². The van der Waals surface area contributed by atoms with Gasteiger partial charge in [-0.15, -0.1) is 0 Å². The second kappa shape index (κ2) is 6.13. The van der Waals surface area contributed by atoms with E-state index in [9.17, 15) is 14.4 Å². The van der Waals surface area contributed by atoms with Crippen LogP contribution in [0.15, 0.2) is 10.9 Å². The second-order valence-electron chi connectivity index (χ2n) is 4.13. The summed E-state index contributed by atoms with van der Waals surface area (Å²) in [5.41, 5.74) is 0.358. The van der Waals surface area contributed by atoms with Crippen molar-refractivity contribution in [2.75, 3.05) is 19.5 Å². The molecule has 0 saturated heterocycles. The maximum Gasteiger partial charge on any atom is 0.340 e. The Kier molecular flexibility index (Phi) is 4.49. The van der Waals surface area contributed by atoms with Gasteiger partial charge in [-0.1, -0.05) is 0 Å². The van der Waals surface area contributed by atoms with E-state index in [-0.39, 0.29) is 23.3 Å². The van der Waals surface area contributed by atoms with Gasteiger partial charge in [0.25, 0.3) is 5.56 Å². The summed E-state index contributed by atoms with van der Waals surface area (Å²) in [7, 11) is 1.21. The second-order valence-corrected chi connectivity index (χ2v) is 5.24. The van der Waals surface area contributed by atoms with Gasteiger partial charge in [0.2, 0.25) is 0 Å². The molecule has 2 rings (SSSR count). The Bertz CT molecular complexity index is 608. The van der Waals surface area contributed by atoms with Crippen LogP contribution in [0.5, 0.6) is 0 Å². The third-order valence-corrected chi connectivity index (χ3v) is 3.95. The lowest BCUT2D eigenvalue weighted by Crippen LogP contribution is -2.32. The molecule has 108 valence electrons. The summed E-state index contributed by atoms with van der Waals surface area (Å²) < 4.78 is 11.2. The van der Waals surface area contributed by atoms with Gasteiger partial charge in [-0.2, -0.15) is 11.8 Å². The van der Waals surface area contributed by atoms with Crippen molar-refractivity contribution >= 4 is 23.7 Å². The molecule has 0 aromatic carbocycles. The number of aromatic nitrogens is 1. The summed E-state index contributed by atoms with van der Waals surface area (Å²) in [6.45, 7) is 2.41. The molecular formula is C13H15NO5S. The molecule has 0 fully saturated rings. The minimum absolute atomic E-state index is 0.0234. The Labute approximate surface area is 120 Å². The van der Waals surface area contributed by atoms with Crippen LogP contribution < -0.4 is 5.56 Å². The first-order valence-corrected chi connectivity index (χ1v) is 7.35. The predicted octanol–water partition coefficient (Wildman–Crippen LogP) is 1.06. The number of hydrogen-bond donors (Lipinski definition) is 0. The molecule has 0 aliphatic carbocycles. The smallest absolute Gasteiger partial charge is 0.340 e. The Hall–Kier alpha value is -1.76. The minimum atomic E-state index is -0.705. The number of fused-ring (bicyclic) bond motifs is 1. The van der Waals surface area contributed by atoms with Crippen molar-refractivity contribution in [3.63, 3.8) is 0 Å². The van der Waals surface area contributed by atoms with Crippen molar-refractivity contribution < 1.29 is 19.1 Å². The molecule has 0 saturated carbocycles. The highest BCUT2D eigenvalue weighted by Crippen LogP contribution is 2.24. The molecule has 0 N–H and O–H groups in total. The van der Waals surface area contributed by atoms with Crippen LogP contribution >= 0.6 is 11.8 Å². The Balaban J connectivity index is 2.68. The lowest BCUT2D eigenvalue weighted by atomic mass is 10.1. The van der Waals surface area contributed by atoms with Crippen LogP contribution in [-0.2, 0) is 21.8 Å². The zero-order chi connectivity index (χ0) is 14.7. The summed E-state index contributed by atoms with van der Waals surface area (Å²) in [5, 5.41) is 0. The summed E-state index contributed by atoms with van der Waals surface area (Å²) in [6, 6.07) is 1.15. The number of esters is 2. The molecule has 0 spiro atoms. The quantitative estimate of drug-likeness (QED) is 0.777. The molecule has 0 atom stereocenters. The molecule has 0 amide bonds. The third-order valence-electron chi connectivity index (χ3n) is 3.00. The molecule has 1 aliphatic rings. The van der Waals surface area contributed by atoms with E-state index in [1.807, 2.05) is 0 Å². The van der Waals surface area contributed by atoms with Crippen molar-refractivity contribution in [2.45, 2.75) is 19.2 Å². The predicted molar refractivity (Wildman–Crippen MR) is 74.2 cm³/mol. The minimum Gasteiger partial charge on any atom is -0.465 e. The van der Waals surface area contributed by atoms with Crippen LogP contribution in [0.3, 0.4) is 0 Å². The maximum atomic E-state index is 12.1. The van der Waals surface area contributed by atoms with Gasteiger partial charge in [-0.3, -0.25) is 4.79 Å². The first-order chi connectivity index (χ1) is 9.60. The van der Waals surface area contributed by atoms with E-state index in [0.29, 0.717) is 18.0 Å². The summed E-state index contributed by atoms with van der Waals surface area (Å²) >= 11 is 1.60. The number of pyridine rings is 1. The number of thioether (sulfide) groups is 1. The first kappa shape index (κ1) is 14.6. The maximum absolute atomic E-state index is 12.1. The number of rotatable bonds is 3. The number of carbonyl (C=O) groups is 2. The highest BCUT2D eigenvalue weighted by atomic mass is 32.2. The topological polar surface area (TPSA) is 74.6 Å². The molecule has 2 heterocycles. The van der Waals surface area contributed by atoms with Crippen molar-refractivity contribution in [3.8, 4) is 0 Å². The van der Waals surface area contributed by atoms with Crippen LogP contribution in [-0.4, -0.2) is 36.0 Å². The fraction of sp³-hybridized carbons (Fsp3) is 0.462. The molecule has 0 radical (unpaired) electrons. The van der Waals surface area contributed by atoms with Crippen LogP contribution in [0.1, 0.15) is 33.3 Å². The average molecular weight is 297 g/mol. The molecule has 20 heavy (non-hydrogen) atoms. The number of ether oxygens (including phenoxy) is 2. The lowest BCUT2D eigenvalue weighted by molar-refractivity contribution is 0.0501. The van der Waals surface area contributed by atoms with E-state index in [4.69, 9.17) is 4.74 Å². The Morgan fingerprint density at radius 1 is 1.40 bits per heavy atom. The van der Waals surface area contributed by atoms with Crippen LogP contribution in [0.25, 0.3) is 0 Å². The van der Waals surface area contributed by atoms with E-state index in [0.717, 1.165) is 11.8 Å². The number of nitrogens with zero attached hydrogens (tertiary/aromatic N) is 1. The van der Waals surface area contributed by atoms with Crippen LogP contribution in [0, 0.1) is 0 Å². The van der Waals surface area contributed by atoms with Gasteiger partial charge >= 0.3 is 11.9 Å². The lowest BCUT2D eigenvalue weighted by Gasteiger charge is -2.21. The molecule has 6 nitrogen and oxygen atoms in total. The summed E-state index contributed by atoms with van der Waals surface area (Å²) in [5.74, 6) is -0.00990. The summed E-state index contributed by atoms with van der Waals surface area (Å²) in [6.07, 6.45) is 0. The van der Waals surface area contributed by atoms with Crippen molar-refractivity contribution in [3.05, 3.63) is 33.2 Å². The van der Waals surface area contributed by atoms with E-state index >= 15 is 0 Å². The number of hydrogen-bond acceptors (Lipinski definition) is 6. The third kappa shape index (κ3) is 2.58. The molecule has 1 aliphatic heterocycles. The fourth-order valence-corrected chi connectivity index (χ4v) is 3.07. The Morgan fingerprint density at radius 2 is 2.15 bits per heavy atom. The molecular weight excluding hydrogens is 282 g/mol. The zero-order valence-electron chi connectivity index (χ0n) is 11.3. The van der Waals surface area contributed by atoms with Crippen LogP contribution in [0.4, 0.5) is 0 Å². The highest BCUT2D eigenvalue weighted by Gasteiger charge is 2.27. The SMILES string of the molecule is CCOC(=O)c1c(C(=O)OC)cc(=O)n2c1CSCC2. The first-order valence-electron chi connectivity index (χ1n) is 6.20. The molecule has 7 heteroatoms. The van der Waals surface area contributed by atoms with Crippen LogP contribution in [0.2, 0.25) is 0 Å². The van der Waals surface area contributed by atoms with Gasteiger partial charge in [0.1, 0.15) is 0 Å². The summed E-state index contributed by atoms with van der Waals surface area (Å²) in [4.78, 5) is 35.9. The van der Waals surface area contributed by atoms with Crippen molar-refractivity contribution in [1.82, 2.24) is 4.57 Å². The van der Waals surface area contributed by atoms with Gasteiger partial charge < -0.3 is 14.0 Å². The van der Waals surface area contributed by atoms with E-state index in [1.54, 1.807) is 18.7 Å². The van der Waals surface area contributed by atoms with Gasteiger partial charge in [0, 0.05) is 29.8 Å². The monoisotopic (exact) mass is 297 g/mol. The van der Waals surface area contributed by atoms with E-state index in [1.165, 1.54) is 11.7 Å². The van der Waals surface area contributed by atoms with Crippen molar-refractivity contribution in [1.29, 1.82) is 0 Å². The molecule has 0 unspecified atom stereocenters. The molecule has 1 aromatic rings. The van der Waals surface area contributed by atoms with E-state index in [2.05, 4.69) is 4.74 Å². The van der Waals surface area contributed by atoms with Gasteiger partial charge in [0.15, 0.2) is 0 Å². The highest BCUT2D eigenvalue weighted by molar-refractivity contribution is 7.98. The van der Waals surface area contributed by atoms with E-state index < -0.39 is 11.9 Å². The van der Waals surface area contributed by atoms with Gasteiger partial charge in [-0.25, -0.2) is 9.59 Å². The largest absolute Gasteiger partial charge is 0.465 e. The van der Waals surface area contributed by atoms with Gasteiger partial charge in [-0.05, 0) is 6.92 Å². The van der Waals surface area contributed by atoms with Gasteiger partial charge in [0.05, 0.1) is 24.8 Å².